The van der Waals surface area contributed by atoms with E-state index in [4.69, 9.17) is 15.2 Å². The minimum atomic E-state index is -1.04. The zero-order chi connectivity index (χ0) is 17.2. The Morgan fingerprint density at radius 1 is 1.33 bits per heavy atom. The molecule has 0 unspecified atom stereocenters. The Labute approximate surface area is 145 Å². The Morgan fingerprint density at radius 3 is 2.83 bits per heavy atom. The zero-order valence-corrected chi connectivity index (χ0v) is 16.0. The number of ether oxygens (including phenoxy) is 2. The number of rotatable bonds is 9. The van der Waals surface area contributed by atoms with Crippen LogP contribution in [0.15, 0.2) is 24.5 Å². The Balaban J connectivity index is 1.58. The van der Waals surface area contributed by atoms with Gasteiger partial charge in [-0.3, -0.25) is 0 Å². The van der Waals surface area contributed by atoms with Crippen molar-refractivity contribution in [2.45, 2.75) is 57.4 Å². The maximum absolute atomic E-state index is 6.23. The van der Waals surface area contributed by atoms with Gasteiger partial charge in [0.25, 0.3) is 0 Å². The van der Waals surface area contributed by atoms with Crippen molar-refractivity contribution >= 4 is 19.1 Å². The average Bonchev–Trinajstić information content (AvgIpc) is 3.27. The van der Waals surface area contributed by atoms with Gasteiger partial charge >= 0.3 is 0 Å². The lowest BCUT2D eigenvalue weighted by Gasteiger charge is -2.15. The fourth-order valence-electron chi connectivity index (χ4n) is 2.53. The summed E-state index contributed by atoms with van der Waals surface area (Å²) in [6.45, 7) is 9.03. The summed E-state index contributed by atoms with van der Waals surface area (Å²) in [7, 11) is -1.04. The summed E-state index contributed by atoms with van der Waals surface area (Å²) in [6.07, 6.45) is 4.63. The van der Waals surface area contributed by atoms with E-state index in [1.807, 2.05) is 6.33 Å². The van der Waals surface area contributed by atoms with Crippen LogP contribution in [0.5, 0.6) is 0 Å². The molecule has 1 aliphatic carbocycles. The molecule has 1 saturated carbocycles. The highest BCUT2D eigenvalue weighted by Gasteiger charge is 2.23. The summed E-state index contributed by atoms with van der Waals surface area (Å²) in [6, 6.07) is 7.31. The van der Waals surface area contributed by atoms with E-state index in [1.54, 1.807) is 0 Å². The van der Waals surface area contributed by atoms with Gasteiger partial charge in [-0.1, -0.05) is 25.7 Å². The maximum Gasteiger partial charge on any atom is 0.124 e. The summed E-state index contributed by atoms with van der Waals surface area (Å²) in [5.41, 5.74) is 9.35. The summed E-state index contributed by atoms with van der Waals surface area (Å²) in [5, 5.41) is 0. The predicted octanol–water partition coefficient (Wildman–Crippen LogP) is 3.53. The summed E-state index contributed by atoms with van der Waals surface area (Å²) in [4.78, 5) is 4.49. The Hall–Kier alpha value is -1.21. The highest BCUT2D eigenvalue weighted by Crippen LogP contribution is 2.25. The molecule has 6 heteroatoms. The number of hydrogen-bond acceptors (Lipinski definition) is 4. The first kappa shape index (κ1) is 17.6. The molecule has 1 aliphatic rings. The molecule has 0 radical (unpaired) electrons. The molecular weight excluding hydrogens is 318 g/mol. The van der Waals surface area contributed by atoms with Crippen molar-refractivity contribution in [2.24, 2.45) is 5.73 Å². The molecule has 0 bridgehead atoms. The topological polar surface area (TPSA) is 62.3 Å². The lowest BCUT2D eigenvalue weighted by atomic mass is 10.1. The van der Waals surface area contributed by atoms with Crippen LogP contribution < -0.4 is 5.73 Å². The van der Waals surface area contributed by atoms with Crippen molar-refractivity contribution in [1.82, 2.24) is 9.55 Å². The summed E-state index contributed by atoms with van der Waals surface area (Å²) in [5.74, 6) is 0. The molecule has 1 aromatic carbocycles. The standard InChI is InChI=1S/C18H29N3O2Si/c1-24(2,3)9-8-22-13-21-12-20-17-10-14(4-7-18(17)21)16(19)11-23-15-5-6-15/h4,7,10,12,15-16H,5-6,8-9,11,13,19H2,1-3H3/t16-/m1/s1. The van der Waals surface area contributed by atoms with Crippen molar-refractivity contribution < 1.29 is 9.47 Å². The second-order valence-electron chi connectivity index (χ2n) is 7.95. The van der Waals surface area contributed by atoms with Crippen LogP contribution in [-0.2, 0) is 16.2 Å². The number of imidazole rings is 1. The van der Waals surface area contributed by atoms with Gasteiger partial charge in [-0.15, -0.1) is 0 Å². The average molecular weight is 348 g/mol. The first-order chi connectivity index (χ1) is 11.4. The van der Waals surface area contributed by atoms with Gasteiger partial charge in [-0.05, 0) is 36.6 Å². The Kier molecular flexibility index (Phi) is 5.39. The fraction of sp³-hybridized carbons (Fsp3) is 0.611. The van der Waals surface area contributed by atoms with E-state index in [9.17, 15) is 0 Å². The molecule has 0 spiro atoms. The predicted molar refractivity (Wildman–Crippen MR) is 99.7 cm³/mol. The molecule has 1 aromatic heterocycles. The fourth-order valence-corrected chi connectivity index (χ4v) is 3.28. The second-order valence-corrected chi connectivity index (χ2v) is 13.6. The van der Waals surface area contributed by atoms with E-state index < -0.39 is 8.07 Å². The van der Waals surface area contributed by atoms with Gasteiger partial charge in [0.2, 0.25) is 0 Å². The third-order valence-electron chi connectivity index (χ3n) is 4.34. The molecular formula is C18H29N3O2Si. The summed E-state index contributed by atoms with van der Waals surface area (Å²) >= 11 is 0. The highest BCUT2D eigenvalue weighted by atomic mass is 28.3. The molecule has 0 amide bonds. The smallest absolute Gasteiger partial charge is 0.124 e. The van der Waals surface area contributed by atoms with Gasteiger partial charge in [0.1, 0.15) is 6.73 Å². The van der Waals surface area contributed by atoms with Crippen LogP contribution in [0.2, 0.25) is 25.7 Å². The Morgan fingerprint density at radius 2 is 2.12 bits per heavy atom. The first-order valence-corrected chi connectivity index (χ1v) is 12.5. The minimum Gasteiger partial charge on any atom is -0.376 e. The molecule has 1 fully saturated rings. The number of benzene rings is 1. The third-order valence-corrected chi connectivity index (χ3v) is 6.04. The number of fused-ring (bicyclic) bond motifs is 1. The minimum absolute atomic E-state index is 0.0897. The molecule has 132 valence electrons. The SMILES string of the molecule is C[Si](C)(C)CCOCn1cnc2cc([C@H](N)COC3CC3)ccc21. The summed E-state index contributed by atoms with van der Waals surface area (Å²) < 4.78 is 13.6. The maximum atomic E-state index is 6.23. The lowest BCUT2D eigenvalue weighted by molar-refractivity contribution is 0.0898. The van der Waals surface area contributed by atoms with E-state index in [0.29, 0.717) is 19.4 Å². The van der Waals surface area contributed by atoms with Crippen molar-refractivity contribution in [1.29, 1.82) is 0 Å². The van der Waals surface area contributed by atoms with Gasteiger partial charge in [-0.25, -0.2) is 4.98 Å². The molecule has 2 aromatic rings. The molecule has 0 saturated heterocycles. The first-order valence-electron chi connectivity index (χ1n) is 8.82. The van der Waals surface area contributed by atoms with Gasteiger partial charge in [0, 0.05) is 14.7 Å². The molecule has 5 nitrogen and oxygen atoms in total. The lowest BCUT2D eigenvalue weighted by Crippen LogP contribution is -2.21. The molecule has 0 aliphatic heterocycles. The normalized spacial score (nSPS) is 16.7. The number of hydrogen-bond donors (Lipinski definition) is 1. The van der Waals surface area contributed by atoms with Crippen LogP contribution in [0.3, 0.4) is 0 Å². The van der Waals surface area contributed by atoms with E-state index >= 15 is 0 Å². The molecule has 24 heavy (non-hydrogen) atoms. The highest BCUT2D eigenvalue weighted by molar-refractivity contribution is 6.76. The van der Waals surface area contributed by atoms with Crippen molar-refractivity contribution in [3.8, 4) is 0 Å². The van der Waals surface area contributed by atoms with Gasteiger partial charge in [0.05, 0.1) is 36.1 Å². The van der Waals surface area contributed by atoms with E-state index in [0.717, 1.165) is 23.2 Å². The van der Waals surface area contributed by atoms with E-state index in [2.05, 4.69) is 47.4 Å². The van der Waals surface area contributed by atoms with Crippen LogP contribution in [-0.4, -0.2) is 36.9 Å². The van der Waals surface area contributed by atoms with Crippen molar-refractivity contribution in [3.05, 3.63) is 30.1 Å². The molecule has 1 atom stereocenters. The van der Waals surface area contributed by atoms with Crippen molar-refractivity contribution in [2.75, 3.05) is 13.2 Å². The van der Waals surface area contributed by atoms with Crippen LogP contribution in [0.25, 0.3) is 11.0 Å². The van der Waals surface area contributed by atoms with Crippen LogP contribution >= 0.6 is 0 Å². The van der Waals surface area contributed by atoms with E-state index in [1.165, 1.54) is 18.9 Å². The Bertz CT molecular complexity index is 676. The monoisotopic (exact) mass is 347 g/mol. The number of nitrogens with zero attached hydrogens (tertiary/aromatic N) is 2. The number of aromatic nitrogens is 2. The van der Waals surface area contributed by atoms with Gasteiger partial charge < -0.3 is 19.8 Å². The zero-order valence-electron chi connectivity index (χ0n) is 15.0. The van der Waals surface area contributed by atoms with Crippen LogP contribution in [0, 0.1) is 0 Å². The van der Waals surface area contributed by atoms with Gasteiger partial charge in [0.15, 0.2) is 0 Å². The molecule has 2 N–H and O–H groups in total. The third kappa shape index (κ3) is 4.89. The molecule has 1 heterocycles. The van der Waals surface area contributed by atoms with E-state index in [-0.39, 0.29) is 6.04 Å². The number of nitrogens with two attached hydrogens (primary N) is 1. The largest absolute Gasteiger partial charge is 0.376 e. The second kappa shape index (κ2) is 7.35. The van der Waals surface area contributed by atoms with Crippen molar-refractivity contribution in [3.63, 3.8) is 0 Å². The van der Waals surface area contributed by atoms with Crippen LogP contribution in [0.4, 0.5) is 0 Å². The van der Waals surface area contributed by atoms with Gasteiger partial charge in [-0.2, -0.15) is 0 Å². The molecule has 3 rings (SSSR count). The quantitative estimate of drug-likeness (QED) is 0.557. The van der Waals surface area contributed by atoms with Crippen LogP contribution in [0.1, 0.15) is 24.4 Å².